The number of fused-ring (bicyclic) bond motifs is 1. The molecule has 144 valence electrons. The highest BCUT2D eigenvalue weighted by molar-refractivity contribution is 6.35. The first-order chi connectivity index (χ1) is 13.5. The molecule has 3 aromatic rings. The molecule has 6 heteroatoms. The van der Waals surface area contributed by atoms with Crippen LogP contribution in [0.3, 0.4) is 0 Å². The normalized spacial score (nSPS) is 13.3. The van der Waals surface area contributed by atoms with E-state index >= 15 is 0 Å². The maximum absolute atomic E-state index is 13.0. The summed E-state index contributed by atoms with van der Waals surface area (Å²) in [7, 11) is 0. The van der Waals surface area contributed by atoms with Gasteiger partial charge in [-0.1, -0.05) is 40.9 Å². The van der Waals surface area contributed by atoms with Gasteiger partial charge < -0.3 is 14.1 Å². The van der Waals surface area contributed by atoms with E-state index in [9.17, 15) is 4.79 Å². The second-order valence-corrected chi connectivity index (χ2v) is 7.67. The van der Waals surface area contributed by atoms with Gasteiger partial charge in [0.1, 0.15) is 18.1 Å². The van der Waals surface area contributed by atoms with Crippen molar-refractivity contribution >= 4 is 34.8 Å². The Morgan fingerprint density at radius 3 is 2.82 bits per heavy atom. The summed E-state index contributed by atoms with van der Waals surface area (Å²) < 4.78 is 11.4. The van der Waals surface area contributed by atoms with Crippen LogP contribution in [0, 0.1) is 6.92 Å². The van der Waals surface area contributed by atoms with Crippen LogP contribution in [0.4, 0.5) is 5.69 Å². The van der Waals surface area contributed by atoms with E-state index in [0.717, 1.165) is 18.5 Å². The Balaban J connectivity index is 1.48. The van der Waals surface area contributed by atoms with E-state index in [0.29, 0.717) is 33.9 Å². The van der Waals surface area contributed by atoms with Crippen molar-refractivity contribution in [2.24, 2.45) is 0 Å². The number of halogens is 2. The highest BCUT2D eigenvalue weighted by atomic mass is 35.5. The molecule has 28 heavy (non-hydrogen) atoms. The van der Waals surface area contributed by atoms with Gasteiger partial charge in [-0.05, 0) is 61.7 Å². The molecule has 4 rings (SSSR count). The number of nitrogens with zero attached hydrogens (tertiary/aromatic N) is 1. The third-order valence-corrected chi connectivity index (χ3v) is 5.27. The van der Waals surface area contributed by atoms with Crippen LogP contribution in [0.2, 0.25) is 10.0 Å². The monoisotopic (exact) mass is 415 g/mol. The molecule has 2 heterocycles. The number of rotatable bonds is 4. The highest BCUT2D eigenvalue weighted by Gasteiger charge is 2.25. The molecule has 0 N–H and O–H groups in total. The Bertz CT molecular complexity index is 1030. The zero-order valence-electron chi connectivity index (χ0n) is 15.4. The van der Waals surface area contributed by atoms with Crippen LogP contribution in [0.1, 0.15) is 33.9 Å². The van der Waals surface area contributed by atoms with Crippen molar-refractivity contribution in [2.45, 2.75) is 26.4 Å². The van der Waals surface area contributed by atoms with Crippen LogP contribution in [-0.2, 0) is 13.0 Å². The van der Waals surface area contributed by atoms with Gasteiger partial charge in [-0.2, -0.15) is 0 Å². The topological polar surface area (TPSA) is 42.7 Å². The fourth-order valence-corrected chi connectivity index (χ4v) is 3.84. The van der Waals surface area contributed by atoms with Crippen LogP contribution in [-0.4, -0.2) is 12.5 Å². The number of ether oxygens (including phenoxy) is 1. The predicted molar refractivity (Wildman–Crippen MR) is 111 cm³/mol. The molecule has 1 aliphatic rings. The third-order valence-electron chi connectivity index (χ3n) is 4.74. The Kier molecular flexibility index (Phi) is 5.33. The van der Waals surface area contributed by atoms with Crippen molar-refractivity contribution in [1.29, 1.82) is 0 Å². The standard InChI is InChI=1S/C22H19Cl2NO3/c1-14-4-7-19-15(11-14)3-2-10-25(19)22(26)21-9-6-17(28-21)13-27-20-8-5-16(23)12-18(20)24/h4-9,11-12H,2-3,10,13H2,1H3. The summed E-state index contributed by atoms with van der Waals surface area (Å²) in [5.41, 5.74) is 3.36. The molecule has 0 aliphatic carbocycles. The summed E-state index contributed by atoms with van der Waals surface area (Å²) >= 11 is 12.0. The number of hydrogen-bond donors (Lipinski definition) is 0. The van der Waals surface area contributed by atoms with Crippen molar-refractivity contribution in [3.05, 3.63) is 81.2 Å². The molecule has 1 aliphatic heterocycles. The smallest absolute Gasteiger partial charge is 0.293 e. The molecule has 1 amide bonds. The van der Waals surface area contributed by atoms with Crippen LogP contribution in [0.15, 0.2) is 52.9 Å². The maximum atomic E-state index is 13.0. The van der Waals surface area contributed by atoms with Gasteiger partial charge in [-0.25, -0.2) is 0 Å². The van der Waals surface area contributed by atoms with E-state index in [2.05, 4.69) is 13.0 Å². The quantitative estimate of drug-likeness (QED) is 0.519. The zero-order valence-corrected chi connectivity index (χ0v) is 16.9. The van der Waals surface area contributed by atoms with E-state index in [1.165, 1.54) is 11.1 Å². The van der Waals surface area contributed by atoms with Gasteiger partial charge >= 0.3 is 0 Å². The number of furan rings is 1. The number of anilines is 1. The number of aryl methyl sites for hydroxylation is 2. The minimum atomic E-state index is -0.138. The summed E-state index contributed by atoms with van der Waals surface area (Å²) in [5.74, 6) is 1.22. The van der Waals surface area contributed by atoms with Gasteiger partial charge in [0, 0.05) is 17.3 Å². The summed E-state index contributed by atoms with van der Waals surface area (Å²) in [6.07, 6.45) is 1.92. The fraction of sp³-hybridized carbons (Fsp3) is 0.227. The maximum Gasteiger partial charge on any atom is 0.293 e. The van der Waals surface area contributed by atoms with Gasteiger partial charge in [-0.3, -0.25) is 4.79 Å². The average molecular weight is 416 g/mol. The number of carbonyl (C=O) groups is 1. The SMILES string of the molecule is Cc1ccc2c(c1)CCCN2C(=O)c1ccc(COc2ccc(Cl)cc2Cl)o1. The molecule has 1 aromatic heterocycles. The van der Waals surface area contributed by atoms with Gasteiger partial charge in [-0.15, -0.1) is 0 Å². The van der Waals surface area contributed by atoms with Gasteiger partial charge in [0.2, 0.25) is 0 Å². The molecule has 0 unspecified atom stereocenters. The lowest BCUT2D eigenvalue weighted by Crippen LogP contribution is -2.35. The van der Waals surface area contributed by atoms with Gasteiger partial charge in [0.15, 0.2) is 5.76 Å². The summed E-state index contributed by atoms with van der Waals surface area (Å²) in [6.45, 7) is 2.92. The largest absolute Gasteiger partial charge is 0.484 e. The first-order valence-electron chi connectivity index (χ1n) is 9.09. The van der Waals surface area contributed by atoms with Crippen LogP contribution in [0.25, 0.3) is 0 Å². The highest BCUT2D eigenvalue weighted by Crippen LogP contribution is 2.30. The van der Waals surface area contributed by atoms with E-state index in [4.69, 9.17) is 32.4 Å². The molecule has 0 saturated carbocycles. The molecular formula is C22H19Cl2NO3. The molecular weight excluding hydrogens is 397 g/mol. The lowest BCUT2D eigenvalue weighted by molar-refractivity contribution is 0.0954. The van der Waals surface area contributed by atoms with E-state index < -0.39 is 0 Å². The van der Waals surface area contributed by atoms with Crippen molar-refractivity contribution in [3.63, 3.8) is 0 Å². The molecule has 2 aromatic carbocycles. The van der Waals surface area contributed by atoms with Gasteiger partial charge in [0.25, 0.3) is 5.91 Å². The minimum Gasteiger partial charge on any atom is -0.484 e. The number of carbonyl (C=O) groups excluding carboxylic acids is 1. The van der Waals surface area contributed by atoms with Crippen molar-refractivity contribution < 1.29 is 13.9 Å². The molecule has 4 nitrogen and oxygen atoms in total. The molecule has 0 bridgehead atoms. The van der Waals surface area contributed by atoms with E-state index in [1.54, 1.807) is 35.2 Å². The van der Waals surface area contributed by atoms with Crippen LogP contribution in [0.5, 0.6) is 5.75 Å². The lowest BCUT2D eigenvalue weighted by atomic mass is 9.99. The Labute approximate surface area is 173 Å². The molecule has 0 saturated heterocycles. The Morgan fingerprint density at radius 1 is 1.14 bits per heavy atom. The Hall–Kier alpha value is -2.43. The van der Waals surface area contributed by atoms with Gasteiger partial charge in [0.05, 0.1) is 5.02 Å². The molecule has 0 radical (unpaired) electrons. The summed E-state index contributed by atoms with van der Waals surface area (Å²) in [5, 5.41) is 0.968. The minimum absolute atomic E-state index is 0.138. The first kappa shape index (κ1) is 18.9. The summed E-state index contributed by atoms with van der Waals surface area (Å²) in [4.78, 5) is 14.8. The van der Waals surface area contributed by atoms with Crippen molar-refractivity contribution in [2.75, 3.05) is 11.4 Å². The van der Waals surface area contributed by atoms with Crippen molar-refractivity contribution in [3.8, 4) is 5.75 Å². The second kappa shape index (κ2) is 7.90. The molecule has 0 spiro atoms. The average Bonchev–Trinajstić information content (AvgIpc) is 3.15. The first-order valence-corrected chi connectivity index (χ1v) is 9.85. The number of hydrogen-bond acceptors (Lipinski definition) is 3. The summed E-state index contributed by atoms with van der Waals surface area (Å²) in [6, 6.07) is 14.6. The zero-order chi connectivity index (χ0) is 19.7. The number of benzene rings is 2. The predicted octanol–water partition coefficient (Wildman–Crippen LogP) is 6.07. The molecule has 0 fully saturated rings. The Morgan fingerprint density at radius 2 is 2.00 bits per heavy atom. The number of amides is 1. The van der Waals surface area contributed by atoms with Crippen LogP contribution < -0.4 is 9.64 Å². The third kappa shape index (κ3) is 3.89. The van der Waals surface area contributed by atoms with Crippen molar-refractivity contribution in [1.82, 2.24) is 0 Å². The molecule has 0 atom stereocenters. The van der Waals surface area contributed by atoms with Crippen LogP contribution >= 0.6 is 23.2 Å². The fourth-order valence-electron chi connectivity index (χ4n) is 3.38. The lowest BCUT2D eigenvalue weighted by Gasteiger charge is -2.29. The van der Waals surface area contributed by atoms with E-state index in [-0.39, 0.29) is 12.5 Å². The second-order valence-electron chi connectivity index (χ2n) is 6.82. The van der Waals surface area contributed by atoms with E-state index in [1.807, 2.05) is 12.1 Å².